The molecule has 0 saturated carbocycles. The van der Waals surface area contributed by atoms with Crippen LogP contribution >= 0.6 is 23.2 Å². The van der Waals surface area contributed by atoms with E-state index in [9.17, 15) is 19.8 Å². The van der Waals surface area contributed by atoms with E-state index < -0.39 is 18.1 Å². The zero-order valence-corrected chi connectivity index (χ0v) is 19.6. The highest BCUT2D eigenvalue weighted by atomic mass is 35.5. The summed E-state index contributed by atoms with van der Waals surface area (Å²) in [4.78, 5) is 39.8. The topological polar surface area (TPSA) is 125 Å². The number of imidazole rings is 1. The van der Waals surface area contributed by atoms with Gasteiger partial charge in [0.2, 0.25) is 0 Å². The van der Waals surface area contributed by atoms with Crippen molar-refractivity contribution in [1.82, 2.24) is 24.4 Å². The van der Waals surface area contributed by atoms with E-state index in [-0.39, 0.29) is 19.6 Å². The number of carbonyl (C=O) groups is 2. The van der Waals surface area contributed by atoms with Crippen LogP contribution in [0.5, 0.6) is 0 Å². The lowest BCUT2D eigenvalue weighted by Crippen LogP contribution is -2.58. The van der Waals surface area contributed by atoms with E-state index in [0.29, 0.717) is 38.4 Å². The minimum atomic E-state index is -1.17. The quantitative estimate of drug-likeness (QED) is 0.419. The van der Waals surface area contributed by atoms with Gasteiger partial charge in [-0.1, -0.05) is 35.3 Å². The highest BCUT2D eigenvalue weighted by Crippen LogP contribution is 2.35. The van der Waals surface area contributed by atoms with Gasteiger partial charge in [0.05, 0.1) is 11.6 Å². The number of aliphatic carboxylic acids is 1. The van der Waals surface area contributed by atoms with Gasteiger partial charge in [0, 0.05) is 29.4 Å². The minimum Gasteiger partial charge on any atom is -0.480 e. The second kappa shape index (κ2) is 9.05. The molecule has 3 heterocycles. The Morgan fingerprint density at radius 1 is 0.971 bits per heavy atom. The van der Waals surface area contributed by atoms with Crippen molar-refractivity contribution >= 4 is 52.2 Å². The zero-order chi connectivity index (χ0) is 24.7. The van der Waals surface area contributed by atoms with Gasteiger partial charge in [-0.15, -0.1) is 0 Å². The summed E-state index contributed by atoms with van der Waals surface area (Å²) < 4.78 is 1.81. The summed E-state index contributed by atoms with van der Waals surface area (Å²) in [6.45, 7) is 0.0515. The van der Waals surface area contributed by atoms with Gasteiger partial charge in [-0.2, -0.15) is 0 Å². The molecule has 12 heteroatoms. The Morgan fingerprint density at radius 3 is 2.40 bits per heavy atom. The number of benzene rings is 2. The third-order valence-corrected chi connectivity index (χ3v) is 6.41. The summed E-state index contributed by atoms with van der Waals surface area (Å²) in [7, 11) is 0. The van der Waals surface area contributed by atoms with E-state index in [1.807, 2.05) is 30.3 Å². The number of hydrogen-bond donors (Lipinski definition) is 2. The van der Waals surface area contributed by atoms with Crippen LogP contribution in [0.2, 0.25) is 10.0 Å². The van der Waals surface area contributed by atoms with Crippen molar-refractivity contribution < 1.29 is 19.8 Å². The summed E-state index contributed by atoms with van der Waals surface area (Å²) >= 11 is 12.6. The van der Waals surface area contributed by atoms with Crippen LogP contribution in [-0.4, -0.2) is 72.4 Å². The van der Waals surface area contributed by atoms with Crippen molar-refractivity contribution in [3.8, 4) is 17.1 Å². The fourth-order valence-electron chi connectivity index (χ4n) is 4.17. The molecule has 1 fully saturated rings. The number of hydrogen-bond acceptors (Lipinski definition) is 6. The monoisotopic (exact) mass is 512 g/mol. The molecule has 2 aromatic carbocycles. The van der Waals surface area contributed by atoms with Crippen LogP contribution in [0.4, 0.5) is 10.6 Å². The number of carboxylic acid groups (broad SMARTS) is 2. The predicted octanol–water partition coefficient (Wildman–Crippen LogP) is 4.04. The standard InChI is InChI=1S/C23H18Cl2N6O4/c24-13-5-7-14(8-6-13)31-19(15-3-1-2-4-16(15)25)28-18-20(26-12-27-21(18)31)30-10-9-29(23(34)35)11-17(30)22(32)33/h1-8,12,17H,9-11H2,(H,32,33)(H,34,35). The molecule has 1 aliphatic rings. The van der Waals surface area contributed by atoms with Crippen molar-refractivity contribution in [2.75, 3.05) is 24.5 Å². The molecule has 5 rings (SSSR count). The van der Waals surface area contributed by atoms with Crippen molar-refractivity contribution in [1.29, 1.82) is 0 Å². The number of anilines is 1. The molecular formula is C23H18Cl2N6O4. The molecule has 1 atom stereocenters. The number of fused-ring (bicyclic) bond motifs is 1. The average molecular weight is 513 g/mol. The number of aromatic nitrogens is 4. The Balaban J connectivity index is 1.73. The fraction of sp³-hybridized carbons (Fsp3) is 0.174. The first-order valence-corrected chi connectivity index (χ1v) is 11.3. The summed E-state index contributed by atoms with van der Waals surface area (Å²) in [6, 6.07) is 13.2. The van der Waals surface area contributed by atoms with Gasteiger partial charge in [0.15, 0.2) is 17.0 Å². The largest absolute Gasteiger partial charge is 0.480 e. The van der Waals surface area contributed by atoms with E-state index >= 15 is 0 Å². The maximum atomic E-state index is 12.1. The van der Waals surface area contributed by atoms with Crippen LogP contribution in [0, 0.1) is 0 Å². The SMILES string of the molecule is O=C(O)C1CN(C(=O)O)CCN1c1ncnc2c1nc(-c1ccccc1Cl)n2-c1ccc(Cl)cc1. The first kappa shape index (κ1) is 22.9. The number of carboxylic acids is 1. The molecular weight excluding hydrogens is 495 g/mol. The van der Waals surface area contributed by atoms with Crippen LogP contribution in [0.1, 0.15) is 0 Å². The van der Waals surface area contributed by atoms with Gasteiger partial charge < -0.3 is 20.0 Å². The van der Waals surface area contributed by atoms with Gasteiger partial charge in [0.1, 0.15) is 18.2 Å². The molecule has 0 radical (unpaired) electrons. The highest BCUT2D eigenvalue weighted by molar-refractivity contribution is 6.33. The second-order valence-corrected chi connectivity index (χ2v) is 8.72. The number of halogens is 2. The Labute approximate surface area is 209 Å². The predicted molar refractivity (Wildman–Crippen MR) is 130 cm³/mol. The third-order valence-electron chi connectivity index (χ3n) is 5.83. The van der Waals surface area contributed by atoms with Gasteiger partial charge >= 0.3 is 12.1 Å². The van der Waals surface area contributed by atoms with E-state index in [1.54, 1.807) is 27.7 Å². The van der Waals surface area contributed by atoms with Crippen molar-refractivity contribution in [3.63, 3.8) is 0 Å². The lowest BCUT2D eigenvalue weighted by Gasteiger charge is -2.38. The molecule has 2 N–H and O–H groups in total. The minimum absolute atomic E-state index is 0.125. The molecule has 0 spiro atoms. The molecule has 1 amide bonds. The summed E-state index contributed by atoms with van der Waals surface area (Å²) in [5.74, 6) is -0.370. The Kier molecular flexibility index (Phi) is 5.91. The maximum Gasteiger partial charge on any atom is 0.407 e. The van der Waals surface area contributed by atoms with Crippen LogP contribution < -0.4 is 4.90 Å². The first-order chi connectivity index (χ1) is 16.8. The second-order valence-electron chi connectivity index (χ2n) is 7.87. The molecule has 1 saturated heterocycles. The maximum absolute atomic E-state index is 12.1. The van der Waals surface area contributed by atoms with Gasteiger partial charge in [-0.05, 0) is 36.4 Å². The third kappa shape index (κ3) is 4.11. The van der Waals surface area contributed by atoms with E-state index in [0.717, 1.165) is 10.6 Å². The average Bonchev–Trinajstić information content (AvgIpc) is 3.24. The van der Waals surface area contributed by atoms with E-state index in [1.165, 1.54) is 6.33 Å². The highest BCUT2D eigenvalue weighted by Gasteiger charge is 2.37. The molecule has 0 bridgehead atoms. The van der Waals surface area contributed by atoms with E-state index in [2.05, 4.69) is 9.97 Å². The molecule has 35 heavy (non-hydrogen) atoms. The Bertz CT molecular complexity index is 1440. The number of rotatable bonds is 4. The molecule has 1 unspecified atom stereocenters. The lowest BCUT2D eigenvalue weighted by atomic mass is 10.1. The molecule has 178 valence electrons. The number of piperazine rings is 1. The van der Waals surface area contributed by atoms with Crippen LogP contribution in [0.15, 0.2) is 54.9 Å². The number of nitrogens with zero attached hydrogens (tertiary/aromatic N) is 6. The fourth-order valence-corrected chi connectivity index (χ4v) is 4.52. The van der Waals surface area contributed by atoms with Crippen LogP contribution in [-0.2, 0) is 4.79 Å². The number of amides is 1. The zero-order valence-electron chi connectivity index (χ0n) is 18.0. The van der Waals surface area contributed by atoms with Crippen molar-refractivity contribution in [2.45, 2.75) is 6.04 Å². The van der Waals surface area contributed by atoms with Crippen molar-refractivity contribution in [3.05, 3.63) is 64.9 Å². The Hall–Kier alpha value is -3.89. The lowest BCUT2D eigenvalue weighted by molar-refractivity contribution is -0.139. The molecule has 1 aliphatic heterocycles. The van der Waals surface area contributed by atoms with Gasteiger partial charge in [0.25, 0.3) is 0 Å². The summed E-state index contributed by atoms with van der Waals surface area (Å²) in [5.41, 5.74) is 2.19. The molecule has 4 aromatic rings. The smallest absolute Gasteiger partial charge is 0.407 e. The van der Waals surface area contributed by atoms with Crippen LogP contribution in [0.25, 0.3) is 28.2 Å². The summed E-state index contributed by atoms with van der Waals surface area (Å²) in [6.07, 6.45) is 0.168. The normalized spacial score (nSPS) is 16.0. The van der Waals surface area contributed by atoms with E-state index in [4.69, 9.17) is 28.2 Å². The molecule has 2 aromatic heterocycles. The van der Waals surface area contributed by atoms with Crippen LogP contribution in [0.3, 0.4) is 0 Å². The van der Waals surface area contributed by atoms with Gasteiger partial charge in [-0.25, -0.2) is 24.5 Å². The van der Waals surface area contributed by atoms with Gasteiger partial charge in [-0.3, -0.25) is 4.57 Å². The van der Waals surface area contributed by atoms with Crippen molar-refractivity contribution in [2.24, 2.45) is 0 Å². The summed E-state index contributed by atoms with van der Waals surface area (Å²) in [5, 5.41) is 20.3. The molecule has 0 aliphatic carbocycles. The molecule has 10 nitrogen and oxygen atoms in total. The Morgan fingerprint density at radius 2 is 1.71 bits per heavy atom. The first-order valence-electron chi connectivity index (χ1n) is 10.6.